The topological polar surface area (TPSA) is 64.9 Å². The molecule has 0 saturated carbocycles. The van der Waals surface area contributed by atoms with Crippen LogP contribution in [0.25, 0.3) is 10.8 Å². The van der Waals surface area contributed by atoms with Crippen LogP contribution in [0.4, 0.5) is 5.69 Å². The van der Waals surface area contributed by atoms with E-state index in [0.29, 0.717) is 17.4 Å². The zero-order valence-corrected chi connectivity index (χ0v) is 12.1. The fourth-order valence-corrected chi connectivity index (χ4v) is 2.79. The average Bonchev–Trinajstić information content (AvgIpc) is 3.08. The van der Waals surface area contributed by atoms with E-state index in [0.717, 1.165) is 10.4 Å². The summed E-state index contributed by atoms with van der Waals surface area (Å²) in [6.07, 6.45) is 0. The predicted octanol–water partition coefficient (Wildman–Crippen LogP) is 3.71. The molecule has 0 aliphatic rings. The lowest BCUT2D eigenvalue weighted by molar-refractivity contribution is 0.409. The summed E-state index contributed by atoms with van der Waals surface area (Å²) >= 11 is 1.50. The minimum absolute atomic E-state index is 0.310. The maximum Gasteiger partial charge on any atom is 0.270 e. The van der Waals surface area contributed by atoms with Gasteiger partial charge in [-0.1, -0.05) is 35.5 Å². The number of thiophene rings is 1. The molecule has 0 aliphatic heterocycles. The molecular weight excluding hydrogens is 270 g/mol. The van der Waals surface area contributed by atoms with Gasteiger partial charge in [-0.15, -0.1) is 11.3 Å². The largest absolute Gasteiger partial charge is 0.397 e. The Morgan fingerprint density at radius 2 is 1.90 bits per heavy atom. The van der Waals surface area contributed by atoms with Crippen LogP contribution in [0, 0.1) is 0 Å². The molecule has 5 heteroatoms. The smallest absolute Gasteiger partial charge is 0.270 e. The lowest BCUT2D eigenvalue weighted by Gasteiger charge is -2.20. The van der Waals surface area contributed by atoms with Crippen LogP contribution in [0.15, 0.2) is 46.3 Å². The maximum atomic E-state index is 5.88. The van der Waals surface area contributed by atoms with Crippen LogP contribution in [0.2, 0.25) is 0 Å². The van der Waals surface area contributed by atoms with Crippen LogP contribution in [0.1, 0.15) is 25.2 Å². The Morgan fingerprint density at radius 1 is 1.15 bits per heavy atom. The summed E-state index contributed by atoms with van der Waals surface area (Å²) in [6.45, 7) is 4.16. The quantitative estimate of drug-likeness (QED) is 0.796. The minimum Gasteiger partial charge on any atom is -0.397 e. The summed E-state index contributed by atoms with van der Waals surface area (Å²) < 4.78 is 5.37. The Hall–Kier alpha value is -2.14. The van der Waals surface area contributed by atoms with Crippen molar-refractivity contribution in [2.75, 3.05) is 5.73 Å². The second kappa shape index (κ2) is 4.76. The number of aromatic nitrogens is 2. The molecule has 0 spiro atoms. The van der Waals surface area contributed by atoms with Crippen molar-refractivity contribution in [1.82, 2.24) is 10.1 Å². The molecule has 0 fully saturated rings. The number of anilines is 1. The molecule has 4 nitrogen and oxygen atoms in total. The molecule has 20 heavy (non-hydrogen) atoms. The number of rotatable bonds is 3. The average molecular weight is 285 g/mol. The monoisotopic (exact) mass is 285 g/mol. The lowest BCUT2D eigenvalue weighted by atomic mass is 9.84. The second-order valence-electron chi connectivity index (χ2n) is 5.12. The van der Waals surface area contributed by atoms with E-state index in [1.165, 1.54) is 11.3 Å². The third-order valence-corrected chi connectivity index (χ3v) is 4.29. The Bertz CT molecular complexity index is 716. The molecule has 3 rings (SSSR count). The molecule has 0 aliphatic carbocycles. The molecule has 0 saturated heterocycles. The van der Waals surface area contributed by atoms with Crippen LogP contribution >= 0.6 is 11.3 Å². The first kappa shape index (κ1) is 12.9. The molecule has 3 aromatic rings. The molecule has 2 heterocycles. The van der Waals surface area contributed by atoms with E-state index >= 15 is 0 Å². The molecule has 0 bridgehead atoms. The standard InChI is InChI=1S/C15H15N3OS/c1-15(2,10-6-4-3-5-7-10)14-17-13(19-18-14)12-11(16)8-9-20-12/h3-9H,16H2,1-2H3. The molecular formula is C15H15N3OS. The van der Waals surface area contributed by atoms with Crippen molar-refractivity contribution in [3.8, 4) is 10.8 Å². The van der Waals surface area contributed by atoms with Crippen molar-refractivity contribution in [3.63, 3.8) is 0 Å². The number of hydrogen-bond acceptors (Lipinski definition) is 5. The summed E-state index contributed by atoms with van der Waals surface area (Å²) in [4.78, 5) is 5.34. The zero-order chi connectivity index (χ0) is 14.2. The van der Waals surface area contributed by atoms with E-state index in [2.05, 4.69) is 36.1 Å². The van der Waals surface area contributed by atoms with Crippen molar-refractivity contribution in [2.24, 2.45) is 0 Å². The predicted molar refractivity (Wildman–Crippen MR) is 80.6 cm³/mol. The van der Waals surface area contributed by atoms with Crippen LogP contribution in [0.3, 0.4) is 0 Å². The van der Waals surface area contributed by atoms with Crippen LogP contribution in [-0.2, 0) is 5.41 Å². The lowest BCUT2D eigenvalue weighted by Crippen LogP contribution is -2.20. The molecule has 0 unspecified atom stereocenters. The van der Waals surface area contributed by atoms with Gasteiger partial charge in [0.25, 0.3) is 5.89 Å². The van der Waals surface area contributed by atoms with Gasteiger partial charge in [-0.2, -0.15) is 4.98 Å². The highest BCUT2D eigenvalue weighted by Crippen LogP contribution is 2.34. The highest BCUT2D eigenvalue weighted by molar-refractivity contribution is 7.14. The number of nitrogens with zero attached hydrogens (tertiary/aromatic N) is 2. The summed E-state index contributed by atoms with van der Waals surface area (Å²) in [5, 5.41) is 6.04. The highest BCUT2D eigenvalue weighted by Gasteiger charge is 2.29. The van der Waals surface area contributed by atoms with Crippen molar-refractivity contribution < 1.29 is 4.52 Å². The fourth-order valence-electron chi connectivity index (χ4n) is 2.05. The van der Waals surface area contributed by atoms with Gasteiger partial charge in [0.2, 0.25) is 0 Å². The third-order valence-electron chi connectivity index (χ3n) is 3.37. The summed E-state index contributed by atoms with van der Waals surface area (Å²) in [5.74, 6) is 1.14. The third kappa shape index (κ3) is 2.10. The van der Waals surface area contributed by atoms with E-state index < -0.39 is 0 Å². The molecule has 0 amide bonds. The summed E-state index contributed by atoms with van der Waals surface area (Å²) in [5.41, 5.74) is 7.39. The Kier molecular flexibility index (Phi) is 3.06. The van der Waals surface area contributed by atoms with E-state index in [1.54, 1.807) is 0 Å². The Balaban J connectivity index is 2.00. The van der Waals surface area contributed by atoms with E-state index in [-0.39, 0.29) is 5.41 Å². The van der Waals surface area contributed by atoms with Gasteiger partial charge in [0, 0.05) is 0 Å². The fraction of sp³-hybridized carbons (Fsp3) is 0.200. The van der Waals surface area contributed by atoms with Gasteiger partial charge in [0.1, 0.15) is 4.88 Å². The zero-order valence-electron chi connectivity index (χ0n) is 11.3. The van der Waals surface area contributed by atoms with Crippen molar-refractivity contribution >= 4 is 17.0 Å². The van der Waals surface area contributed by atoms with Crippen molar-refractivity contribution in [1.29, 1.82) is 0 Å². The maximum absolute atomic E-state index is 5.88. The summed E-state index contributed by atoms with van der Waals surface area (Å²) in [7, 11) is 0. The van der Waals surface area contributed by atoms with Gasteiger partial charge >= 0.3 is 0 Å². The van der Waals surface area contributed by atoms with Crippen molar-refractivity contribution in [2.45, 2.75) is 19.3 Å². The minimum atomic E-state index is -0.310. The normalized spacial score (nSPS) is 11.7. The van der Waals surface area contributed by atoms with Crippen LogP contribution in [0.5, 0.6) is 0 Å². The SMILES string of the molecule is CC(C)(c1ccccc1)c1noc(-c2sccc2N)n1. The second-order valence-corrected chi connectivity index (χ2v) is 6.04. The first-order chi connectivity index (χ1) is 9.59. The van der Waals surface area contributed by atoms with Gasteiger partial charge in [0.15, 0.2) is 5.82 Å². The van der Waals surface area contributed by atoms with E-state index in [9.17, 15) is 0 Å². The Morgan fingerprint density at radius 3 is 2.55 bits per heavy atom. The van der Waals surface area contributed by atoms with Gasteiger partial charge in [-0.05, 0) is 30.9 Å². The van der Waals surface area contributed by atoms with Crippen molar-refractivity contribution in [3.05, 3.63) is 53.2 Å². The van der Waals surface area contributed by atoms with E-state index in [4.69, 9.17) is 10.3 Å². The summed E-state index contributed by atoms with van der Waals surface area (Å²) in [6, 6.07) is 12.0. The van der Waals surface area contributed by atoms with Gasteiger partial charge in [-0.3, -0.25) is 0 Å². The van der Waals surface area contributed by atoms with Gasteiger partial charge in [0.05, 0.1) is 11.1 Å². The molecule has 0 radical (unpaired) electrons. The van der Waals surface area contributed by atoms with E-state index in [1.807, 2.05) is 29.6 Å². The molecule has 2 N–H and O–H groups in total. The molecule has 0 atom stereocenters. The first-order valence-corrected chi connectivity index (χ1v) is 7.20. The highest BCUT2D eigenvalue weighted by atomic mass is 32.1. The number of benzene rings is 1. The van der Waals surface area contributed by atoms with Crippen LogP contribution < -0.4 is 5.73 Å². The van der Waals surface area contributed by atoms with Gasteiger partial charge in [-0.25, -0.2) is 0 Å². The van der Waals surface area contributed by atoms with Crippen LogP contribution in [-0.4, -0.2) is 10.1 Å². The number of nitrogen functional groups attached to an aromatic ring is 1. The molecule has 1 aromatic carbocycles. The first-order valence-electron chi connectivity index (χ1n) is 6.32. The number of nitrogens with two attached hydrogens (primary N) is 1. The number of hydrogen-bond donors (Lipinski definition) is 1. The van der Waals surface area contributed by atoms with Gasteiger partial charge < -0.3 is 10.3 Å². The molecule has 2 aromatic heterocycles. The Labute approximate surface area is 121 Å². The molecule has 102 valence electrons.